The maximum atomic E-state index is 13.7. The Bertz CT molecular complexity index is 457. The van der Waals surface area contributed by atoms with E-state index >= 15 is 0 Å². The van der Waals surface area contributed by atoms with Crippen LogP contribution in [0.5, 0.6) is 0 Å². The average molecular weight is 318 g/mol. The van der Waals surface area contributed by atoms with Gasteiger partial charge in [0.05, 0.1) is 6.42 Å². The number of amides is 1. The Morgan fingerprint density at radius 2 is 2.15 bits per heavy atom. The zero-order valence-electron chi connectivity index (χ0n) is 11.2. The van der Waals surface area contributed by atoms with Crippen molar-refractivity contribution in [2.24, 2.45) is 0 Å². The van der Waals surface area contributed by atoms with Gasteiger partial charge < -0.3 is 4.90 Å². The summed E-state index contributed by atoms with van der Waals surface area (Å²) in [5.74, 6) is 0.0420. The summed E-state index contributed by atoms with van der Waals surface area (Å²) < 4.78 is 13.7. The van der Waals surface area contributed by atoms with Gasteiger partial charge in [-0.2, -0.15) is 0 Å². The quantitative estimate of drug-likeness (QED) is 0.725. The summed E-state index contributed by atoms with van der Waals surface area (Å²) in [6, 6.07) is 4.78. The molecule has 0 N–H and O–H groups in total. The first-order chi connectivity index (χ1) is 9.63. The molecule has 1 aromatic rings. The maximum Gasteiger partial charge on any atom is 0.227 e. The minimum absolute atomic E-state index is 0.0181. The highest BCUT2D eigenvalue weighted by Crippen LogP contribution is 2.27. The minimum atomic E-state index is -0.420. The Morgan fingerprint density at radius 3 is 2.70 bits per heavy atom. The summed E-state index contributed by atoms with van der Waals surface area (Å²) in [6.45, 7) is 0.638. The van der Waals surface area contributed by atoms with E-state index in [0.717, 1.165) is 25.7 Å². The number of hydrogen-bond acceptors (Lipinski definition) is 1. The molecule has 20 heavy (non-hydrogen) atoms. The third kappa shape index (κ3) is 3.64. The van der Waals surface area contributed by atoms with Gasteiger partial charge in [0, 0.05) is 29.1 Å². The monoisotopic (exact) mass is 317 g/mol. The first-order valence-corrected chi connectivity index (χ1v) is 7.83. The predicted molar refractivity (Wildman–Crippen MR) is 79.8 cm³/mol. The topological polar surface area (TPSA) is 20.3 Å². The second kappa shape index (κ2) is 7.28. The van der Waals surface area contributed by atoms with E-state index in [0.29, 0.717) is 17.4 Å². The van der Waals surface area contributed by atoms with E-state index in [1.54, 1.807) is 12.1 Å². The fourth-order valence-corrected chi connectivity index (χ4v) is 2.74. The van der Waals surface area contributed by atoms with Gasteiger partial charge in [0.1, 0.15) is 5.82 Å². The molecule has 110 valence electrons. The third-order valence-electron chi connectivity index (χ3n) is 3.76. The van der Waals surface area contributed by atoms with E-state index in [1.165, 1.54) is 6.07 Å². The Labute approximate surface area is 128 Å². The fourth-order valence-electron chi connectivity index (χ4n) is 2.39. The van der Waals surface area contributed by atoms with Gasteiger partial charge in [0.15, 0.2) is 0 Å². The highest BCUT2D eigenvalue weighted by Gasteiger charge is 2.28. The smallest absolute Gasteiger partial charge is 0.227 e. The van der Waals surface area contributed by atoms with Crippen LogP contribution in [0.2, 0.25) is 5.02 Å². The average Bonchev–Trinajstić information content (AvgIpc) is 2.36. The van der Waals surface area contributed by atoms with E-state index in [9.17, 15) is 9.18 Å². The molecule has 2 rings (SSSR count). The van der Waals surface area contributed by atoms with Gasteiger partial charge in [-0.25, -0.2) is 4.39 Å². The summed E-state index contributed by atoms with van der Waals surface area (Å²) in [7, 11) is 0. The van der Waals surface area contributed by atoms with E-state index in [1.807, 2.05) is 4.90 Å². The molecule has 0 unspecified atom stereocenters. The van der Waals surface area contributed by atoms with Crippen LogP contribution in [0.1, 0.15) is 31.2 Å². The lowest BCUT2D eigenvalue weighted by molar-refractivity contribution is -0.134. The summed E-state index contributed by atoms with van der Waals surface area (Å²) in [5, 5.41) is 0.309. The van der Waals surface area contributed by atoms with E-state index in [4.69, 9.17) is 23.2 Å². The van der Waals surface area contributed by atoms with Crippen LogP contribution < -0.4 is 0 Å². The van der Waals surface area contributed by atoms with Crippen LogP contribution in [0.4, 0.5) is 4.39 Å². The predicted octanol–water partition coefficient (Wildman–Crippen LogP) is 4.03. The SMILES string of the molecule is O=C(Cc1c(F)cccc1Cl)N(CCCCl)C1CCC1. The molecule has 1 aliphatic rings. The number of alkyl halides is 1. The molecule has 1 fully saturated rings. The Morgan fingerprint density at radius 1 is 1.40 bits per heavy atom. The number of nitrogens with zero attached hydrogens (tertiary/aromatic N) is 1. The van der Waals surface area contributed by atoms with Crippen molar-refractivity contribution in [1.82, 2.24) is 4.90 Å². The van der Waals surface area contributed by atoms with Crippen molar-refractivity contribution in [2.75, 3.05) is 12.4 Å². The second-order valence-corrected chi connectivity index (χ2v) is 5.88. The largest absolute Gasteiger partial charge is 0.339 e. The maximum absolute atomic E-state index is 13.7. The van der Waals surface area contributed by atoms with Crippen molar-refractivity contribution in [3.8, 4) is 0 Å². The van der Waals surface area contributed by atoms with E-state index in [-0.39, 0.29) is 23.9 Å². The normalized spacial score (nSPS) is 14.9. The number of carbonyl (C=O) groups is 1. The molecule has 0 saturated heterocycles. The molecule has 0 atom stereocenters. The van der Waals surface area contributed by atoms with Gasteiger partial charge >= 0.3 is 0 Å². The molecule has 1 amide bonds. The van der Waals surface area contributed by atoms with Crippen LogP contribution in [0.3, 0.4) is 0 Å². The van der Waals surface area contributed by atoms with Crippen molar-refractivity contribution < 1.29 is 9.18 Å². The molecule has 0 aliphatic heterocycles. The number of rotatable bonds is 6. The van der Waals surface area contributed by atoms with Gasteiger partial charge in [-0.15, -0.1) is 11.6 Å². The summed E-state index contributed by atoms with van der Waals surface area (Å²) >= 11 is 11.7. The van der Waals surface area contributed by atoms with Crippen molar-refractivity contribution in [2.45, 2.75) is 38.1 Å². The first kappa shape index (κ1) is 15.6. The molecule has 5 heteroatoms. The standard InChI is InChI=1S/C15H18Cl2FNO/c16-8-3-9-19(11-4-1-5-11)15(20)10-12-13(17)6-2-7-14(12)18/h2,6-7,11H,1,3-5,8-10H2. The van der Waals surface area contributed by atoms with Crippen LogP contribution in [0.15, 0.2) is 18.2 Å². The fraction of sp³-hybridized carbons (Fsp3) is 0.533. The van der Waals surface area contributed by atoms with Crippen LogP contribution in [-0.4, -0.2) is 29.3 Å². The van der Waals surface area contributed by atoms with E-state index in [2.05, 4.69) is 0 Å². The Balaban J connectivity index is 2.07. The molecule has 1 aromatic carbocycles. The number of carbonyl (C=O) groups excluding carboxylic acids is 1. The highest BCUT2D eigenvalue weighted by atomic mass is 35.5. The summed E-state index contributed by atoms with van der Waals surface area (Å²) in [4.78, 5) is 14.3. The number of hydrogen-bond donors (Lipinski definition) is 0. The first-order valence-electron chi connectivity index (χ1n) is 6.92. The summed E-state index contributed by atoms with van der Waals surface area (Å²) in [6.07, 6.45) is 3.98. The second-order valence-electron chi connectivity index (χ2n) is 5.09. The van der Waals surface area contributed by atoms with Gasteiger partial charge in [0.2, 0.25) is 5.91 Å². The summed E-state index contributed by atoms with van der Waals surface area (Å²) in [5.41, 5.74) is 0.286. The van der Waals surface area contributed by atoms with Crippen LogP contribution in [0.25, 0.3) is 0 Å². The highest BCUT2D eigenvalue weighted by molar-refractivity contribution is 6.31. The van der Waals surface area contributed by atoms with Crippen molar-refractivity contribution in [1.29, 1.82) is 0 Å². The van der Waals surface area contributed by atoms with Gasteiger partial charge in [-0.3, -0.25) is 4.79 Å². The van der Waals surface area contributed by atoms with Gasteiger partial charge in [-0.05, 0) is 37.8 Å². The van der Waals surface area contributed by atoms with Crippen LogP contribution >= 0.6 is 23.2 Å². The molecular weight excluding hydrogens is 300 g/mol. The zero-order valence-corrected chi connectivity index (χ0v) is 12.8. The molecule has 0 radical (unpaired) electrons. The minimum Gasteiger partial charge on any atom is -0.339 e. The van der Waals surface area contributed by atoms with Gasteiger partial charge in [-0.1, -0.05) is 17.7 Å². The van der Waals surface area contributed by atoms with Crippen molar-refractivity contribution >= 4 is 29.1 Å². The number of halogens is 3. The van der Waals surface area contributed by atoms with Crippen LogP contribution in [0, 0.1) is 5.82 Å². The lowest BCUT2D eigenvalue weighted by Crippen LogP contribution is -2.45. The van der Waals surface area contributed by atoms with Gasteiger partial charge in [0.25, 0.3) is 0 Å². The van der Waals surface area contributed by atoms with E-state index < -0.39 is 5.82 Å². The molecule has 0 aromatic heterocycles. The van der Waals surface area contributed by atoms with Crippen molar-refractivity contribution in [3.05, 3.63) is 34.6 Å². The molecule has 1 saturated carbocycles. The van der Waals surface area contributed by atoms with Crippen LogP contribution in [-0.2, 0) is 11.2 Å². The van der Waals surface area contributed by atoms with Crippen molar-refractivity contribution in [3.63, 3.8) is 0 Å². The lowest BCUT2D eigenvalue weighted by Gasteiger charge is -2.37. The molecule has 0 bridgehead atoms. The zero-order chi connectivity index (χ0) is 14.5. The molecular formula is C15H18Cl2FNO. The Kier molecular flexibility index (Phi) is 5.67. The third-order valence-corrected chi connectivity index (χ3v) is 4.38. The lowest BCUT2D eigenvalue weighted by atomic mass is 9.91. The number of benzene rings is 1. The molecule has 0 spiro atoms. The molecule has 2 nitrogen and oxygen atoms in total. The Hall–Kier alpha value is -0.800. The molecule has 1 aliphatic carbocycles. The molecule has 0 heterocycles.